The van der Waals surface area contributed by atoms with Crippen LogP contribution in [0.15, 0.2) is 12.1 Å². The highest BCUT2D eigenvalue weighted by Crippen LogP contribution is 2.44. The van der Waals surface area contributed by atoms with Crippen molar-refractivity contribution in [2.24, 2.45) is 5.92 Å². The van der Waals surface area contributed by atoms with Crippen molar-refractivity contribution in [2.45, 2.75) is 175 Å². The van der Waals surface area contributed by atoms with Crippen molar-refractivity contribution in [3.8, 4) is 9.75 Å². The number of fused-ring (bicyclic) bond motifs is 3. The van der Waals surface area contributed by atoms with E-state index in [-0.39, 0.29) is 0 Å². The van der Waals surface area contributed by atoms with E-state index in [4.69, 9.17) is 0 Å². The second-order valence-electron chi connectivity index (χ2n) is 13.0. The van der Waals surface area contributed by atoms with Crippen molar-refractivity contribution in [1.82, 2.24) is 0 Å². The molecule has 222 valence electrons. The zero-order valence-corrected chi connectivity index (χ0v) is 29.2. The molecule has 0 bridgehead atoms. The van der Waals surface area contributed by atoms with Crippen LogP contribution in [0.2, 0.25) is 12.1 Å². The summed E-state index contributed by atoms with van der Waals surface area (Å²) in [4.78, 5) is 6.52. The molecule has 3 heteroatoms. The molecule has 1 aliphatic rings. The average molecular weight is 587 g/mol. The predicted octanol–water partition coefficient (Wildman–Crippen LogP) is 12.4. The molecule has 0 radical (unpaired) electrons. The predicted molar refractivity (Wildman–Crippen MR) is 185 cm³/mol. The first-order valence-electron chi connectivity index (χ1n) is 17.3. The Morgan fingerprint density at radius 1 is 0.538 bits per heavy atom. The molecule has 0 fully saturated rings. The summed E-state index contributed by atoms with van der Waals surface area (Å²) in [6.45, 7) is 11.8. The summed E-state index contributed by atoms with van der Waals surface area (Å²) < 4.78 is 0. The maximum Gasteiger partial charge on any atom is 0.122 e. The summed E-state index contributed by atoms with van der Waals surface area (Å²) in [5.74, 6) is 0.938. The summed E-state index contributed by atoms with van der Waals surface area (Å²) in [6.07, 6.45) is 28.8. The van der Waals surface area contributed by atoms with Crippen LogP contribution in [0.1, 0.15) is 159 Å². The molecular formula is C36H62S2Si. The van der Waals surface area contributed by atoms with Crippen molar-refractivity contribution >= 4 is 41.1 Å². The molecule has 2 aromatic rings. The van der Waals surface area contributed by atoms with Gasteiger partial charge in [0, 0.05) is 19.5 Å². The Hall–Kier alpha value is -0.383. The lowest BCUT2D eigenvalue weighted by atomic mass is 9.96. The molecule has 0 nitrogen and oxygen atoms in total. The molecule has 0 aromatic carbocycles. The van der Waals surface area contributed by atoms with Crippen molar-refractivity contribution in [3.63, 3.8) is 0 Å². The Morgan fingerprint density at radius 2 is 0.923 bits per heavy atom. The molecular weight excluding hydrogens is 525 g/mol. The van der Waals surface area contributed by atoms with E-state index in [0.29, 0.717) is 0 Å². The van der Waals surface area contributed by atoms with Crippen LogP contribution in [-0.4, -0.2) is 8.07 Å². The Balaban J connectivity index is 1.76. The molecule has 1 aliphatic heterocycles. The Bertz CT molecular complexity index is 876. The summed E-state index contributed by atoms with van der Waals surface area (Å²) in [5, 5.41) is 3.74. The monoisotopic (exact) mass is 586 g/mol. The van der Waals surface area contributed by atoms with Crippen LogP contribution < -0.4 is 10.4 Å². The number of hydrogen-bond donors (Lipinski definition) is 0. The van der Waals surface area contributed by atoms with Gasteiger partial charge in [-0.15, -0.1) is 22.7 Å². The average Bonchev–Trinajstić information content (AvgIpc) is 3.56. The van der Waals surface area contributed by atoms with E-state index >= 15 is 0 Å². The minimum atomic E-state index is -1.71. The van der Waals surface area contributed by atoms with E-state index in [2.05, 4.69) is 69.4 Å². The SMILES string of the molecule is CCCCCCCCCC[Si]1(CC(CCCCCC)CCCCCCCC)c2cc(C)sc2-c2sc(C)cc21. The Morgan fingerprint density at radius 3 is 1.38 bits per heavy atom. The second-order valence-corrected chi connectivity index (χ2v) is 19.6. The molecule has 0 saturated carbocycles. The highest BCUT2D eigenvalue weighted by molar-refractivity contribution is 7.29. The van der Waals surface area contributed by atoms with E-state index in [1.165, 1.54) is 141 Å². The van der Waals surface area contributed by atoms with Gasteiger partial charge in [-0.3, -0.25) is 0 Å². The minimum Gasteiger partial charge on any atom is -0.140 e. The highest BCUT2D eigenvalue weighted by atomic mass is 32.1. The van der Waals surface area contributed by atoms with Crippen LogP contribution in [0, 0.1) is 19.8 Å². The molecule has 0 N–H and O–H groups in total. The maximum absolute atomic E-state index is 2.68. The summed E-state index contributed by atoms with van der Waals surface area (Å²) >= 11 is 4.23. The summed E-state index contributed by atoms with van der Waals surface area (Å²) in [5.41, 5.74) is 0. The molecule has 0 aliphatic carbocycles. The smallest absolute Gasteiger partial charge is 0.122 e. The third-order valence-corrected chi connectivity index (χ3v) is 17.4. The van der Waals surface area contributed by atoms with E-state index < -0.39 is 8.07 Å². The number of aryl methyl sites for hydroxylation is 2. The second kappa shape index (κ2) is 18.2. The summed E-state index contributed by atoms with van der Waals surface area (Å²) in [6, 6.07) is 8.41. The maximum atomic E-state index is 2.68. The largest absolute Gasteiger partial charge is 0.140 e. The number of rotatable bonds is 23. The van der Waals surface area contributed by atoms with Gasteiger partial charge in [0.1, 0.15) is 8.07 Å². The van der Waals surface area contributed by atoms with Gasteiger partial charge >= 0.3 is 0 Å². The molecule has 39 heavy (non-hydrogen) atoms. The van der Waals surface area contributed by atoms with Gasteiger partial charge in [0.2, 0.25) is 0 Å². The molecule has 0 amide bonds. The fourth-order valence-corrected chi connectivity index (χ4v) is 17.0. The van der Waals surface area contributed by atoms with Gasteiger partial charge < -0.3 is 0 Å². The molecule has 0 spiro atoms. The number of unbranched alkanes of at least 4 members (excludes halogenated alkanes) is 15. The quantitative estimate of drug-likeness (QED) is 0.0897. The topological polar surface area (TPSA) is 0 Å². The Labute approximate surface area is 252 Å². The first kappa shape index (κ1) is 33.1. The number of hydrogen-bond acceptors (Lipinski definition) is 2. The molecule has 1 atom stereocenters. The zero-order valence-electron chi connectivity index (χ0n) is 26.6. The van der Waals surface area contributed by atoms with Crippen LogP contribution in [0.4, 0.5) is 0 Å². The molecule has 3 rings (SSSR count). The first-order chi connectivity index (χ1) is 19.1. The Kier molecular flexibility index (Phi) is 15.5. The highest BCUT2D eigenvalue weighted by Gasteiger charge is 2.48. The third kappa shape index (κ3) is 9.85. The van der Waals surface area contributed by atoms with E-state index in [1.54, 1.807) is 19.5 Å². The minimum absolute atomic E-state index is 0.938. The van der Waals surface area contributed by atoms with Gasteiger partial charge in [0.15, 0.2) is 0 Å². The lowest BCUT2D eigenvalue weighted by molar-refractivity contribution is 0.430. The molecule has 3 heterocycles. The van der Waals surface area contributed by atoms with Crippen LogP contribution in [0.5, 0.6) is 0 Å². The van der Waals surface area contributed by atoms with Crippen molar-refractivity contribution < 1.29 is 0 Å². The van der Waals surface area contributed by atoms with Gasteiger partial charge in [-0.2, -0.15) is 0 Å². The van der Waals surface area contributed by atoms with Crippen LogP contribution in [0.3, 0.4) is 0 Å². The first-order valence-corrected chi connectivity index (χ1v) is 21.3. The normalized spacial score (nSPS) is 14.6. The van der Waals surface area contributed by atoms with Gasteiger partial charge in [-0.1, -0.05) is 149 Å². The zero-order chi connectivity index (χ0) is 27.9. The van der Waals surface area contributed by atoms with Crippen molar-refractivity contribution in [1.29, 1.82) is 0 Å². The fourth-order valence-electron chi connectivity index (χ4n) is 7.29. The van der Waals surface area contributed by atoms with Gasteiger partial charge in [0.25, 0.3) is 0 Å². The van der Waals surface area contributed by atoms with Crippen molar-refractivity contribution in [2.75, 3.05) is 0 Å². The molecule has 1 unspecified atom stereocenters. The van der Waals surface area contributed by atoms with Crippen LogP contribution in [-0.2, 0) is 0 Å². The van der Waals surface area contributed by atoms with Crippen molar-refractivity contribution in [3.05, 3.63) is 21.9 Å². The van der Waals surface area contributed by atoms with Crippen LogP contribution in [0.25, 0.3) is 9.75 Å². The standard InChI is InChI=1S/C36H62S2Si/c1-6-9-12-15-17-18-20-23-26-39(33-27-30(4)37-35(33)36-34(39)28-31(5)38-36)29-32(24-21-14-11-8-3)25-22-19-16-13-10-7-2/h27-28,32H,6-26,29H2,1-5H3. The van der Waals surface area contributed by atoms with Gasteiger partial charge in [0.05, 0.1) is 0 Å². The van der Waals surface area contributed by atoms with E-state index in [9.17, 15) is 0 Å². The lowest BCUT2D eigenvalue weighted by Gasteiger charge is -2.33. The van der Waals surface area contributed by atoms with Gasteiger partial charge in [-0.05, 0) is 54.4 Å². The number of thiophene rings is 2. The van der Waals surface area contributed by atoms with E-state index in [0.717, 1.165) is 5.92 Å². The third-order valence-electron chi connectivity index (χ3n) is 9.47. The fraction of sp³-hybridized carbons (Fsp3) is 0.778. The summed E-state index contributed by atoms with van der Waals surface area (Å²) in [7, 11) is -1.71. The lowest BCUT2D eigenvalue weighted by Crippen LogP contribution is -2.55. The molecule has 2 aromatic heterocycles. The van der Waals surface area contributed by atoms with E-state index in [1.807, 2.05) is 10.4 Å². The van der Waals surface area contributed by atoms with Crippen LogP contribution >= 0.6 is 22.7 Å². The van der Waals surface area contributed by atoms with Gasteiger partial charge in [-0.25, -0.2) is 0 Å². The molecule has 0 saturated heterocycles.